The number of fused-ring (bicyclic) bond motifs is 3. The molecular formula is C23H22ClN5O2. The van der Waals surface area contributed by atoms with Gasteiger partial charge in [0.15, 0.2) is 11.2 Å². The molecule has 0 saturated heterocycles. The first kappa shape index (κ1) is 19.6. The van der Waals surface area contributed by atoms with E-state index in [0.717, 1.165) is 24.5 Å². The van der Waals surface area contributed by atoms with Gasteiger partial charge in [-0.15, -0.1) is 0 Å². The van der Waals surface area contributed by atoms with Gasteiger partial charge in [0.05, 0.1) is 6.54 Å². The summed E-state index contributed by atoms with van der Waals surface area (Å²) in [5.74, 6) is 0.737. The molecular weight excluding hydrogens is 414 g/mol. The highest BCUT2D eigenvalue weighted by Crippen LogP contribution is 2.25. The summed E-state index contributed by atoms with van der Waals surface area (Å²) in [4.78, 5) is 33.3. The molecule has 4 aromatic rings. The summed E-state index contributed by atoms with van der Waals surface area (Å²) in [6.07, 6.45) is 0.907. The molecule has 0 fully saturated rings. The van der Waals surface area contributed by atoms with Crippen molar-refractivity contribution >= 4 is 28.7 Å². The standard InChI is InChI=1S/C23H22ClN5O2/c1-26-20-19(21(30)29(23(26)31)15-17-8-10-18(24)11-9-17)28-13-5-12-27(22(28)25-20)14-16-6-3-2-4-7-16/h2-4,6-11H,5,12-15H2,1H3. The summed E-state index contributed by atoms with van der Waals surface area (Å²) < 4.78 is 4.71. The van der Waals surface area contributed by atoms with Crippen LogP contribution >= 0.6 is 11.6 Å². The Hall–Kier alpha value is -3.32. The molecule has 1 aliphatic rings. The first-order valence-corrected chi connectivity index (χ1v) is 10.6. The minimum Gasteiger partial charge on any atom is -0.338 e. The number of aryl methyl sites for hydroxylation is 2. The molecule has 1 aliphatic heterocycles. The first-order valence-electron chi connectivity index (χ1n) is 10.3. The van der Waals surface area contributed by atoms with E-state index in [1.54, 1.807) is 19.2 Å². The van der Waals surface area contributed by atoms with E-state index in [2.05, 4.69) is 17.0 Å². The van der Waals surface area contributed by atoms with E-state index < -0.39 is 0 Å². The highest BCUT2D eigenvalue weighted by molar-refractivity contribution is 6.30. The van der Waals surface area contributed by atoms with Gasteiger partial charge in [0.25, 0.3) is 5.56 Å². The lowest BCUT2D eigenvalue weighted by Gasteiger charge is -2.29. The SMILES string of the molecule is Cn1c(=O)n(Cc2ccc(Cl)cc2)c(=O)c2c1nc1n2CCCN1Cc1ccccc1. The van der Waals surface area contributed by atoms with Crippen LogP contribution in [0.25, 0.3) is 11.2 Å². The predicted molar refractivity (Wildman–Crippen MR) is 122 cm³/mol. The molecule has 0 bridgehead atoms. The molecule has 0 saturated carbocycles. The Labute approximate surface area is 183 Å². The van der Waals surface area contributed by atoms with Crippen LogP contribution in [0.3, 0.4) is 0 Å². The van der Waals surface area contributed by atoms with Crippen LogP contribution in [0, 0.1) is 0 Å². The number of nitrogens with zero attached hydrogens (tertiary/aromatic N) is 5. The molecule has 31 heavy (non-hydrogen) atoms. The van der Waals surface area contributed by atoms with Gasteiger partial charge in [-0.2, -0.15) is 4.98 Å². The van der Waals surface area contributed by atoms with E-state index in [1.165, 1.54) is 14.7 Å². The van der Waals surface area contributed by atoms with Gasteiger partial charge in [0, 0.05) is 31.7 Å². The molecule has 0 atom stereocenters. The third kappa shape index (κ3) is 3.45. The van der Waals surface area contributed by atoms with E-state index in [9.17, 15) is 9.59 Å². The highest BCUT2D eigenvalue weighted by Gasteiger charge is 2.26. The number of hydrogen-bond acceptors (Lipinski definition) is 4. The predicted octanol–water partition coefficient (Wildman–Crippen LogP) is 3.01. The van der Waals surface area contributed by atoms with E-state index >= 15 is 0 Å². The van der Waals surface area contributed by atoms with Gasteiger partial charge >= 0.3 is 5.69 Å². The monoisotopic (exact) mass is 435 g/mol. The molecule has 8 heteroatoms. The van der Waals surface area contributed by atoms with Gasteiger partial charge in [0.1, 0.15) is 0 Å². The molecule has 3 heterocycles. The number of halogens is 1. The smallest absolute Gasteiger partial charge is 0.332 e. The largest absolute Gasteiger partial charge is 0.338 e. The number of anilines is 1. The van der Waals surface area contributed by atoms with Crippen molar-refractivity contribution in [3.8, 4) is 0 Å². The van der Waals surface area contributed by atoms with Crippen LogP contribution in [-0.4, -0.2) is 25.2 Å². The van der Waals surface area contributed by atoms with Crippen LogP contribution in [0.15, 0.2) is 64.2 Å². The van der Waals surface area contributed by atoms with Gasteiger partial charge in [-0.1, -0.05) is 54.1 Å². The van der Waals surface area contributed by atoms with E-state index in [1.807, 2.05) is 34.9 Å². The van der Waals surface area contributed by atoms with Crippen molar-refractivity contribution in [2.75, 3.05) is 11.4 Å². The molecule has 5 rings (SSSR count). The fourth-order valence-corrected chi connectivity index (χ4v) is 4.32. The van der Waals surface area contributed by atoms with Crippen molar-refractivity contribution in [1.29, 1.82) is 0 Å². The molecule has 0 amide bonds. The van der Waals surface area contributed by atoms with Crippen LogP contribution in [0.5, 0.6) is 0 Å². The van der Waals surface area contributed by atoms with Crippen molar-refractivity contribution in [2.45, 2.75) is 26.1 Å². The number of rotatable bonds is 4. The summed E-state index contributed by atoms with van der Waals surface area (Å²) in [5, 5.41) is 0.614. The number of hydrogen-bond donors (Lipinski definition) is 0. The molecule has 0 spiro atoms. The van der Waals surface area contributed by atoms with E-state index in [4.69, 9.17) is 16.6 Å². The maximum atomic E-state index is 13.4. The van der Waals surface area contributed by atoms with E-state index in [-0.39, 0.29) is 17.8 Å². The second-order valence-electron chi connectivity index (χ2n) is 7.86. The van der Waals surface area contributed by atoms with Crippen LogP contribution in [0.4, 0.5) is 5.95 Å². The molecule has 0 N–H and O–H groups in total. The lowest BCUT2D eigenvalue weighted by atomic mass is 10.2. The maximum absolute atomic E-state index is 13.4. The van der Waals surface area contributed by atoms with Crippen molar-refractivity contribution in [3.05, 3.63) is 91.6 Å². The van der Waals surface area contributed by atoms with Crippen LogP contribution < -0.4 is 16.1 Å². The Morgan fingerprint density at radius 2 is 1.65 bits per heavy atom. The van der Waals surface area contributed by atoms with Crippen molar-refractivity contribution in [3.63, 3.8) is 0 Å². The van der Waals surface area contributed by atoms with Crippen molar-refractivity contribution in [2.24, 2.45) is 7.05 Å². The third-order valence-electron chi connectivity index (χ3n) is 5.78. The molecule has 0 aliphatic carbocycles. The lowest BCUT2D eigenvalue weighted by Crippen LogP contribution is -2.40. The summed E-state index contributed by atoms with van der Waals surface area (Å²) in [6, 6.07) is 17.3. The fraction of sp³-hybridized carbons (Fsp3) is 0.261. The Kier molecular flexibility index (Phi) is 4.90. The molecule has 2 aromatic heterocycles. The normalized spacial score (nSPS) is 13.5. The average Bonchev–Trinajstić information content (AvgIpc) is 3.18. The Morgan fingerprint density at radius 3 is 2.39 bits per heavy atom. The summed E-state index contributed by atoms with van der Waals surface area (Å²) in [6.45, 7) is 2.45. The molecule has 2 aromatic carbocycles. The first-order chi connectivity index (χ1) is 15.0. The molecule has 7 nitrogen and oxygen atoms in total. The van der Waals surface area contributed by atoms with Crippen molar-refractivity contribution in [1.82, 2.24) is 18.7 Å². The Bertz CT molecular complexity index is 1370. The minimum absolute atomic E-state index is 0.187. The average molecular weight is 436 g/mol. The van der Waals surface area contributed by atoms with Crippen LogP contribution in [-0.2, 0) is 26.7 Å². The second kappa shape index (κ2) is 7.74. The Morgan fingerprint density at radius 1 is 0.935 bits per heavy atom. The summed E-state index contributed by atoms with van der Waals surface area (Å²) in [7, 11) is 1.67. The molecule has 0 radical (unpaired) electrons. The van der Waals surface area contributed by atoms with Crippen LogP contribution in [0.1, 0.15) is 17.5 Å². The van der Waals surface area contributed by atoms with Gasteiger partial charge in [-0.3, -0.25) is 13.9 Å². The van der Waals surface area contributed by atoms with Gasteiger partial charge in [0.2, 0.25) is 5.95 Å². The van der Waals surface area contributed by atoms with Gasteiger partial charge in [-0.25, -0.2) is 4.79 Å². The zero-order chi connectivity index (χ0) is 21.5. The Balaban J connectivity index is 1.62. The van der Waals surface area contributed by atoms with Crippen LogP contribution in [0.2, 0.25) is 5.02 Å². The quantitative estimate of drug-likeness (QED) is 0.494. The van der Waals surface area contributed by atoms with Gasteiger partial charge in [-0.05, 0) is 29.7 Å². The summed E-state index contributed by atoms with van der Waals surface area (Å²) in [5.41, 5.74) is 2.23. The highest BCUT2D eigenvalue weighted by atomic mass is 35.5. The number of benzene rings is 2. The summed E-state index contributed by atoms with van der Waals surface area (Å²) >= 11 is 5.97. The van der Waals surface area contributed by atoms with Crippen molar-refractivity contribution < 1.29 is 0 Å². The lowest BCUT2D eigenvalue weighted by molar-refractivity contribution is 0.561. The number of aromatic nitrogens is 4. The fourth-order valence-electron chi connectivity index (χ4n) is 4.20. The molecule has 0 unspecified atom stereocenters. The topological polar surface area (TPSA) is 65.1 Å². The third-order valence-corrected chi connectivity index (χ3v) is 6.03. The second-order valence-corrected chi connectivity index (χ2v) is 8.29. The maximum Gasteiger partial charge on any atom is 0.332 e. The van der Waals surface area contributed by atoms with Gasteiger partial charge < -0.3 is 9.47 Å². The zero-order valence-electron chi connectivity index (χ0n) is 17.2. The molecule has 158 valence electrons. The number of imidazole rings is 1. The minimum atomic E-state index is -0.377. The van der Waals surface area contributed by atoms with E-state index in [0.29, 0.717) is 29.3 Å². The zero-order valence-corrected chi connectivity index (χ0v) is 17.9.